The van der Waals surface area contributed by atoms with E-state index in [1.165, 1.54) is 5.56 Å². The van der Waals surface area contributed by atoms with Gasteiger partial charge in [-0.1, -0.05) is 23.7 Å². The second-order valence-electron chi connectivity index (χ2n) is 8.42. The van der Waals surface area contributed by atoms with Crippen LogP contribution in [0.15, 0.2) is 48.8 Å². The number of ether oxygens (including phenoxy) is 1. The maximum atomic E-state index is 13.0. The molecular formula is C24H26ClN5O3. The van der Waals surface area contributed by atoms with Crippen LogP contribution in [-0.2, 0) is 4.74 Å². The van der Waals surface area contributed by atoms with E-state index >= 15 is 0 Å². The predicted molar refractivity (Wildman–Crippen MR) is 126 cm³/mol. The number of anilines is 1. The number of nitrogens with one attached hydrogen (secondary N) is 1. The zero-order valence-corrected chi connectivity index (χ0v) is 19.0. The lowest BCUT2D eigenvalue weighted by Crippen LogP contribution is -2.40. The summed E-state index contributed by atoms with van der Waals surface area (Å²) in [7, 11) is 0. The number of halogens is 1. The molecular weight excluding hydrogens is 442 g/mol. The zero-order chi connectivity index (χ0) is 22.8. The number of urea groups is 1. The fourth-order valence-electron chi connectivity index (χ4n) is 4.53. The number of morpholine rings is 1. The Morgan fingerprint density at radius 2 is 1.79 bits per heavy atom. The molecule has 3 aromatic rings. The Hall–Kier alpha value is -3.10. The van der Waals surface area contributed by atoms with E-state index in [1.807, 2.05) is 28.1 Å². The monoisotopic (exact) mass is 467 g/mol. The summed E-state index contributed by atoms with van der Waals surface area (Å²) >= 11 is 6.16. The quantitative estimate of drug-likeness (QED) is 0.634. The van der Waals surface area contributed by atoms with Crippen molar-refractivity contribution >= 4 is 34.7 Å². The van der Waals surface area contributed by atoms with Crippen LogP contribution in [0.3, 0.4) is 0 Å². The summed E-state index contributed by atoms with van der Waals surface area (Å²) in [5.74, 6) is 0.317. The van der Waals surface area contributed by atoms with Crippen molar-refractivity contribution in [2.75, 3.05) is 44.7 Å². The van der Waals surface area contributed by atoms with E-state index in [-0.39, 0.29) is 11.9 Å². The van der Waals surface area contributed by atoms with Crippen molar-refractivity contribution in [2.45, 2.75) is 18.8 Å². The number of benzene rings is 1. The van der Waals surface area contributed by atoms with Gasteiger partial charge in [-0.3, -0.25) is 4.79 Å². The van der Waals surface area contributed by atoms with Gasteiger partial charge in [-0.2, -0.15) is 5.10 Å². The van der Waals surface area contributed by atoms with Crippen LogP contribution in [0.1, 0.15) is 34.7 Å². The number of carbonyl (C=O) groups is 2. The lowest BCUT2D eigenvalue weighted by atomic mass is 9.89. The van der Waals surface area contributed by atoms with Crippen LogP contribution >= 0.6 is 11.6 Å². The summed E-state index contributed by atoms with van der Waals surface area (Å²) in [5.41, 5.74) is 3.23. The van der Waals surface area contributed by atoms with Gasteiger partial charge in [0.15, 0.2) is 0 Å². The summed E-state index contributed by atoms with van der Waals surface area (Å²) < 4.78 is 7.12. The second-order valence-corrected chi connectivity index (χ2v) is 8.83. The number of carbonyl (C=O) groups excluding carboxylic acids is 2. The Kier molecular flexibility index (Phi) is 6.20. The molecule has 2 aliphatic heterocycles. The normalized spacial score (nSPS) is 17.4. The maximum absolute atomic E-state index is 13.0. The number of likely N-dealkylation sites (tertiary alicyclic amines) is 1. The van der Waals surface area contributed by atoms with Gasteiger partial charge in [-0.15, -0.1) is 0 Å². The largest absolute Gasteiger partial charge is 0.378 e. The molecule has 3 amide bonds. The van der Waals surface area contributed by atoms with Crippen molar-refractivity contribution in [3.63, 3.8) is 0 Å². The molecule has 0 atom stereocenters. The highest BCUT2D eigenvalue weighted by molar-refractivity contribution is 6.33. The summed E-state index contributed by atoms with van der Waals surface area (Å²) in [5, 5.41) is 7.79. The third-order valence-electron chi connectivity index (χ3n) is 6.44. The first-order valence-electron chi connectivity index (χ1n) is 11.2. The molecule has 4 heterocycles. The van der Waals surface area contributed by atoms with Crippen molar-refractivity contribution in [3.8, 4) is 0 Å². The molecule has 0 bridgehead atoms. The van der Waals surface area contributed by atoms with Crippen molar-refractivity contribution in [1.29, 1.82) is 0 Å². The molecule has 172 valence electrons. The fraction of sp³-hybridized carbons (Fsp3) is 0.375. The van der Waals surface area contributed by atoms with E-state index < -0.39 is 0 Å². The second kappa shape index (κ2) is 9.41. The molecule has 0 unspecified atom stereocenters. The van der Waals surface area contributed by atoms with E-state index in [0.29, 0.717) is 61.6 Å². The minimum atomic E-state index is -0.133. The van der Waals surface area contributed by atoms with E-state index in [0.717, 1.165) is 18.4 Å². The topological polar surface area (TPSA) is 79.2 Å². The summed E-state index contributed by atoms with van der Waals surface area (Å²) in [6.07, 6.45) is 5.27. The summed E-state index contributed by atoms with van der Waals surface area (Å²) in [4.78, 5) is 29.3. The van der Waals surface area contributed by atoms with E-state index in [1.54, 1.807) is 22.8 Å². The molecule has 0 spiro atoms. The van der Waals surface area contributed by atoms with Crippen molar-refractivity contribution < 1.29 is 14.3 Å². The number of aromatic nitrogens is 2. The molecule has 2 aliphatic rings. The molecule has 0 saturated carbocycles. The van der Waals surface area contributed by atoms with Gasteiger partial charge >= 0.3 is 6.03 Å². The molecule has 1 N–H and O–H groups in total. The van der Waals surface area contributed by atoms with Crippen LogP contribution in [0, 0.1) is 0 Å². The van der Waals surface area contributed by atoms with Crippen LogP contribution in [0.4, 0.5) is 10.5 Å². The van der Waals surface area contributed by atoms with E-state index in [4.69, 9.17) is 16.3 Å². The van der Waals surface area contributed by atoms with Gasteiger partial charge in [0.05, 0.1) is 41.2 Å². The smallest absolute Gasteiger partial charge is 0.321 e. The van der Waals surface area contributed by atoms with Crippen LogP contribution in [0.5, 0.6) is 0 Å². The number of hydrogen-bond donors (Lipinski definition) is 1. The average molecular weight is 468 g/mol. The molecule has 0 radical (unpaired) electrons. The van der Waals surface area contributed by atoms with Gasteiger partial charge in [0.2, 0.25) is 0 Å². The Labute approximate surface area is 197 Å². The van der Waals surface area contributed by atoms with Crippen LogP contribution in [0.2, 0.25) is 5.02 Å². The van der Waals surface area contributed by atoms with Crippen molar-refractivity contribution in [3.05, 3.63) is 64.9 Å². The molecule has 2 aromatic heterocycles. The third kappa shape index (κ3) is 4.54. The lowest BCUT2D eigenvalue weighted by molar-refractivity contribution is 0.0304. The number of nitrogens with zero attached hydrogens (tertiary/aromatic N) is 4. The van der Waals surface area contributed by atoms with E-state index in [2.05, 4.69) is 22.5 Å². The van der Waals surface area contributed by atoms with Gasteiger partial charge in [-0.05, 0) is 48.6 Å². The number of amides is 3. The lowest BCUT2D eigenvalue weighted by Gasteiger charge is -2.32. The van der Waals surface area contributed by atoms with Crippen LogP contribution in [-0.4, -0.2) is 70.7 Å². The molecule has 1 aromatic carbocycles. The molecule has 5 rings (SSSR count). The Morgan fingerprint density at radius 3 is 2.55 bits per heavy atom. The van der Waals surface area contributed by atoms with Crippen molar-refractivity contribution in [2.24, 2.45) is 0 Å². The van der Waals surface area contributed by atoms with Gasteiger partial charge in [0.25, 0.3) is 5.91 Å². The number of pyridine rings is 1. The molecule has 2 fully saturated rings. The zero-order valence-electron chi connectivity index (χ0n) is 18.2. The first kappa shape index (κ1) is 21.7. The first-order valence-corrected chi connectivity index (χ1v) is 11.6. The van der Waals surface area contributed by atoms with Crippen molar-refractivity contribution in [1.82, 2.24) is 19.4 Å². The van der Waals surface area contributed by atoms with Gasteiger partial charge in [0.1, 0.15) is 0 Å². The van der Waals surface area contributed by atoms with Crippen LogP contribution < -0.4 is 5.32 Å². The third-order valence-corrected chi connectivity index (χ3v) is 6.77. The molecule has 33 heavy (non-hydrogen) atoms. The molecule has 2 saturated heterocycles. The highest BCUT2D eigenvalue weighted by Gasteiger charge is 2.26. The fourth-order valence-corrected chi connectivity index (χ4v) is 4.71. The molecule has 8 nitrogen and oxygen atoms in total. The number of rotatable bonds is 3. The van der Waals surface area contributed by atoms with Gasteiger partial charge in [0, 0.05) is 32.4 Å². The molecule has 9 heteroatoms. The number of piperidine rings is 1. The summed E-state index contributed by atoms with van der Waals surface area (Å²) in [6.45, 7) is 3.66. The average Bonchev–Trinajstić information content (AvgIpc) is 3.29. The standard InChI is InChI=1S/C24H26ClN5O3/c25-20-3-1-2-4-21(20)27-24(32)29-8-5-17(6-9-29)18-7-10-30-22(15-18)19(16-26-30)23(31)28-11-13-33-14-12-28/h1-4,7,10,15-17H,5-6,8-9,11-14H2,(H,27,32). The highest BCUT2D eigenvalue weighted by atomic mass is 35.5. The summed E-state index contributed by atoms with van der Waals surface area (Å²) in [6, 6.07) is 11.2. The van der Waals surface area contributed by atoms with Gasteiger partial charge in [-0.25, -0.2) is 9.31 Å². The Balaban J connectivity index is 1.26. The van der Waals surface area contributed by atoms with Gasteiger partial charge < -0.3 is 19.9 Å². The Morgan fingerprint density at radius 1 is 1.03 bits per heavy atom. The SMILES string of the molecule is O=C(Nc1ccccc1Cl)N1CCC(c2ccn3ncc(C(=O)N4CCOCC4)c3c2)CC1. The molecule has 0 aliphatic carbocycles. The highest BCUT2D eigenvalue weighted by Crippen LogP contribution is 2.30. The maximum Gasteiger partial charge on any atom is 0.321 e. The first-order chi connectivity index (χ1) is 16.1. The number of hydrogen-bond acceptors (Lipinski definition) is 4. The number of para-hydroxylation sites is 1. The minimum Gasteiger partial charge on any atom is -0.378 e. The van der Waals surface area contributed by atoms with Crippen LogP contribution in [0.25, 0.3) is 5.52 Å². The van der Waals surface area contributed by atoms with E-state index in [9.17, 15) is 9.59 Å². The Bertz CT molecular complexity index is 1170. The minimum absolute atomic E-state index is 0.00323. The predicted octanol–water partition coefficient (Wildman–Crippen LogP) is 3.87. The number of fused-ring (bicyclic) bond motifs is 1.